The smallest absolute Gasteiger partial charge is 0.165 e. The molecule has 21 heavy (non-hydrogen) atoms. The van der Waals surface area contributed by atoms with Gasteiger partial charge in [0.05, 0.1) is 12.7 Å². The molecule has 1 aliphatic rings. The van der Waals surface area contributed by atoms with Crippen molar-refractivity contribution in [1.82, 2.24) is 9.97 Å². The summed E-state index contributed by atoms with van der Waals surface area (Å²) in [5.41, 5.74) is 2.02. The summed E-state index contributed by atoms with van der Waals surface area (Å²) in [6.45, 7) is 4.92. The molecule has 5 nitrogen and oxygen atoms in total. The molecule has 0 aliphatic carbocycles. The fourth-order valence-corrected chi connectivity index (χ4v) is 2.55. The Bertz CT molecular complexity index is 658. The molecule has 0 amide bonds. The highest BCUT2D eigenvalue weighted by molar-refractivity contribution is 5.69. The maximum Gasteiger partial charge on any atom is 0.165 e. The lowest BCUT2D eigenvalue weighted by Crippen LogP contribution is -2.05. The predicted molar refractivity (Wildman–Crippen MR) is 82.0 cm³/mol. The maximum absolute atomic E-state index is 5.82. The van der Waals surface area contributed by atoms with Crippen LogP contribution in [-0.4, -0.2) is 29.7 Å². The molecule has 110 valence electrons. The van der Waals surface area contributed by atoms with Gasteiger partial charge in [0.25, 0.3) is 0 Å². The van der Waals surface area contributed by atoms with Crippen molar-refractivity contribution in [1.29, 1.82) is 0 Å². The van der Waals surface area contributed by atoms with Gasteiger partial charge in [0.1, 0.15) is 23.4 Å². The van der Waals surface area contributed by atoms with Crippen LogP contribution >= 0.6 is 0 Å². The minimum Gasteiger partial charge on any atom is -0.496 e. The quantitative estimate of drug-likeness (QED) is 0.936. The fraction of sp³-hybridized carbons (Fsp3) is 0.375. The van der Waals surface area contributed by atoms with Crippen molar-refractivity contribution in [2.75, 3.05) is 19.0 Å². The van der Waals surface area contributed by atoms with Crippen molar-refractivity contribution in [3.63, 3.8) is 0 Å². The number of methoxy groups -OCH3 is 1. The van der Waals surface area contributed by atoms with Gasteiger partial charge >= 0.3 is 0 Å². The molecule has 1 N–H and O–H groups in total. The van der Waals surface area contributed by atoms with Crippen molar-refractivity contribution < 1.29 is 9.47 Å². The monoisotopic (exact) mass is 285 g/mol. The van der Waals surface area contributed by atoms with E-state index in [9.17, 15) is 0 Å². The summed E-state index contributed by atoms with van der Waals surface area (Å²) < 4.78 is 11.3. The van der Waals surface area contributed by atoms with E-state index in [-0.39, 0.29) is 6.10 Å². The SMILES string of the molecule is CCNc1ccnc(-c2cc3c(cc2OC)CC(C)O3)n1. The lowest BCUT2D eigenvalue weighted by Gasteiger charge is -2.11. The van der Waals surface area contributed by atoms with Gasteiger partial charge in [-0.15, -0.1) is 0 Å². The van der Waals surface area contributed by atoms with Crippen molar-refractivity contribution in [2.45, 2.75) is 26.4 Å². The molecular formula is C16H19N3O2. The van der Waals surface area contributed by atoms with E-state index in [0.29, 0.717) is 5.82 Å². The lowest BCUT2D eigenvalue weighted by atomic mass is 10.1. The molecule has 3 rings (SSSR count). The number of rotatable bonds is 4. The largest absolute Gasteiger partial charge is 0.496 e. The minimum atomic E-state index is 0.203. The normalized spacial score (nSPS) is 16.2. The number of aromatic nitrogens is 2. The highest BCUT2D eigenvalue weighted by Crippen LogP contribution is 2.38. The van der Waals surface area contributed by atoms with Gasteiger partial charge in [0.2, 0.25) is 0 Å². The topological polar surface area (TPSA) is 56.3 Å². The molecule has 0 fully saturated rings. The van der Waals surface area contributed by atoms with Crippen LogP contribution in [0.3, 0.4) is 0 Å². The van der Waals surface area contributed by atoms with Crippen molar-refractivity contribution in [3.05, 3.63) is 30.0 Å². The van der Waals surface area contributed by atoms with Crippen LogP contribution in [0.25, 0.3) is 11.4 Å². The Kier molecular flexibility index (Phi) is 3.64. The van der Waals surface area contributed by atoms with E-state index in [1.165, 1.54) is 5.56 Å². The number of fused-ring (bicyclic) bond motifs is 1. The maximum atomic E-state index is 5.82. The van der Waals surface area contributed by atoms with Crippen LogP contribution in [0.5, 0.6) is 11.5 Å². The molecule has 5 heteroatoms. The molecule has 1 atom stereocenters. The lowest BCUT2D eigenvalue weighted by molar-refractivity contribution is 0.254. The zero-order valence-corrected chi connectivity index (χ0v) is 12.5. The van der Waals surface area contributed by atoms with Crippen LogP contribution in [0.1, 0.15) is 19.4 Å². The Hall–Kier alpha value is -2.30. The number of ether oxygens (including phenoxy) is 2. The summed E-state index contributed by atoms with van der Waals surface area (Å²) in [7, 11) is 1.67. The third-order valence-electron chi connectivity index (χ3n) is 3.47. The standard InChI is InChI=1S/C16H19N3O2/c1-4-17-15-5-6-18-16(19-15)12-9-13-11(7-10(2)21-13)8-14(12)20-3/h5-6,8-10H,4,7H2,1-3H3,(H,17,18,19). The number of hydrogen-bond acceptors (Lipinski definition) is 5. The van der Waals surface area contributed by atoms with E-state index >= 15 is 0 Å². The highest BCUT2D eigenvalue weighted by atomic mass is 16.5. The second kappa shape index (κ2) is 5.60. The molecule has 1 aromatic carbocycles. The number of nitrogens with zero attached hydrogens (tertiary/aromatic N) is 2. The Labute approximate surface area is 124 Å². The zero-order chi connectivity index (χ0) is 14.8. The van der Waals surface area contributed by atoms with E-state index in [1.807, 2.05) is 25.1 Å². The molecule has 1 unspecified atom stereocenters. The first-order chi connectivity index (χ1) is 10.2. The van der Waals surface area contributed by atoms with Gasteiger partial charge < -0.3 is 14.8 Å². The van der Waals surface area contributed by atoms with E-state index in [4.69, 9.17) is 9.47 Å². The molecule has 1 aromatic heterocycles. The number of nitrogens with one attached hydrogen (secondary N) is 1. The van der Waals surface area contributed by atoms with E-state index in [1.54, 1.807) is 13.3 Å². The van der Waals surface area contributed by atoms with Crippen LogP contribution in [0.15, 0.2) is 24.4 Å². The molecule has 2 aromatic rings. The molecule has 0 bridgehead atoms. The molecule has 0 radical (unpaired) electrons. The first kappa shape index (κ1) is 13.7. The van der Waals surface area contributed by atoms with Gasteiger partial charge in [-0.3, -0.25) is 0 Å². The Morgan fingerprint density at radius 2 is 2.29 bits per heavy atom. The van der Waals surface area contributed by atoms with Gasteiger partial charge in [-0.05, 0) is 32.0 Å². The average molecular weight is 285 g/mol. The summed E-state index contributed by atoms with van der Waals surface area (Å²) in [5, 5.41) is 3.19. The van der Waals surface area contributed by atoms with Gasteiger partial charge in [0, 0.05) is 24.7 Å². The molecule has 2 heterocycles. The van der Waals surface area contributed by atoms with Gasteiger partial charge in [-0.25, -0.2) is 9.97 Å². The Morgan fingerprint density at radius 1 is 1.43 bits per heavy atom. The van der Waals surface area contributed by atoms with Gasteiger partial charge in [-0.2, -0.15) is 0 Å². The van der Waals surface area contributed by atoms with Crippen molar-refractivity contribution in [3.8, 4) is 22.9 Å². The summed E-state index contributed by atoms with van der Waals surface area (Å²) in [6.07, 6.45) is 2.86. The zero-order valence-electron chi connectivity index (χ0n) is 12.5. The summed E-state index contributed by atoms with van der Waals surface area (Å²) in [4.78, 5) is 8.89. The third kappa shape index (κ3) is 2.63. The van der Waals surface area contributed by atoms with Gasteiger partial charge in [-0.1, -0.05) is 0 Å². The summed E-state index contributed by atoms with van der Waals surface area (Å²) in [6, 6.07) is 5.85. The molecule has 0 saturated heterocycles. The fourth-order valence-electron chi connectivity index (χ4n) is 2.55. The van der Waals surface area contributed by atoms with Crippen LogP contribution in [-0.2, 0) is 6.42 Å². The number of benzene rings is 1. The highest BCUT2D eigenvalue weighted by Gasteiger charge is 2.23. The minimum absolute atomic E-state index is 0.203. The van der Waals surface area contributed by atoms with Crippen LogP contribution in [0, 0.1) is 0 Å². The summed E-state index contributed by atoms with van der Waals surface area (Å²) in [5.74, 6) is 3.12. The molecule has 1 aliphatic heterocycles. The summed E-state index contributed by atoms with van der Waals surface area (Å²) >= 11 is 0. The Morgan fingerprint density at radius 3 is 3.05 bits per heavy atom. The van der Waals surface area contributed by atoms with Crippen molar-refractivity contribution >= 4 is 5.82 Å². The van der Waals surface area contributed by atoms with Crippen LogP contribution in [0.2, 0.25) is 0 Å². The average Bonchev–Trinajstić information content (AvgIpc) is 2.85. The second-order valence-electron chi connectivity index (χ2n) is 5.09. The van der Waals surface area contributed by atoms with Crippen molar-refractivity contribution in [2.24, 2.45) is 0 Å². The van der Waals surface area contributed by atoms with E-state index in [0.717, 1.165) is 35.8 Å². The van der Waals surface area contributed by atoms with E-state index in [2.05, 4.69) is 22.2 Å². The third-order valence-corrected chi connectivity index (χ3v) is 3.47. The second-order valence-corrected chi connectivity index (χ2v) is 5.09. The van der Waals surface area contributed by atoms with Crippen LogP contribution < -0.4 is 14.8 Å². The van der Waals surface area contributed by atoms with Gasteiger partial charge in [0.15, 0.2) is 5.82 Å². The first-order valence-corrected chi connectivity index (χ1v) is 7.16. The molecule has 0 saturated carbocycles. The predicted octanol–water partition coefficient (Wildman–Crippen LogP) is 2.91. The number of hydrogen-bond donors (Lipinski definition) is 1. The molecule has 0 spiro atoms. The first-order valence-electron chi connectivity index (χ1n) is 7.16. The van der Waals surface area contributed by atoms with Crippen LogP contribution in [0.4, 0.5) is 5.82 Å². The Balaban J connectivity index is 2.05. The molecular weight excluding hydrogens is 266 g/mol. The van der Waals surface area contributed by atoms with E-state index < -0.39 is 0 Å². The number of anilines is 1.